The molecule has 0 aliphatic rings. The molecule has 0 bridgehead atoms. The predicted octanol–water partition coefficient (Wildman–Crippen LogP) is 3.37. The van der Waals surface area contributed by atoms with Crippen molar-refractivity contribution in [2.45, 2.75) is 64.4 Å². The van der Waals surface area contributed by atoms with Crippen LogP contribution in [0.5, 0.6) is 0 Å². The maximum Gasteiger partial charge on any atom is 0.264 e. The fourth-order valence-electron chi connectivity index (χ4n) is 1.76. The summed E-state index contributed by atoms with van der Waals surface area (Å²) < 4.78 is 46.9. The molecule has 0 rings (SSSR count). The first-order chi connectivity index (χ1) is 8.95. The summed E-state index contributed by atoms with van der Waals surface area (Å²) >= 11 is 0. The van der Waals surface area contributed by atoms with Gasteiger partial charge in [0, 0.05) is 6.61 Å². The summed E-state index contributed by atoms with van der Waals surface area (Å²) in [5, 5.41) is 0. The highest BCUT2D eigenvalue weighted by molar-refractivity contribution is 7.85. The van der Waals surface area contributed by atoms with Crippen LogP contribution in [-0.2, 0) is 14.9 Å². The Kier molecular flexibility index (Phi) is 11.5. The van der Waals surface area contributed by atoms with Crippen LogP contribution in [0.4, 0.5) is 4.39 Å². The van der Waals surface area contributed by atoms with E-state index >= 15 is 0 Å². The molecule has 0 aromatic carbocycles. The van der Waals surface area contributed by atoms with E-state index < -0.39 is 10.1 Å². The van der Waals surface area contributed by atoms with Gasteiger partial charge in [0.05, 0.1) is 18.5 Å². The highest BCUT2D eigenvalue weighted by Gasteiger charge is 2.09. The third-order valence-corrected chi connectivity index (χ3v) is 3.71. The van der Waals surface area contributed by atoms with Gasteiger partial charge in [-0.1, -0.05) is 32.1 Å². The third kappa shape index (κ3) is 15.7. The molecule has 0 radical (unpaired) electrons. The van der Waals surface area contributed by atoms with E-state index in [-0.39, 0.29) is 18.5 Å². The van der Waals surface area contributed by atoms with E-state index in [4.69, 9.17) is 9.29 Å². The van der Waals surface area contributed by atoms with E-state index in [0.717, 1.165) is 38.5 Å². The van der Waals surface area contributed by atoms with Gasteiger partial charge in [0.15, 0.2) is 0 Å². The average Bonchev–Trinajstić information content (AvgIpc) is 2.33. The van der Waals surface area contributed by atoms with Gasteiger partial charge in [0.1, 0.15) is 0 Å². The van der Waals surface area contributed by atoms with Gasteiger partial charge in [-0.25, -0.2) is 0 Å². The van der Waals surface area contributed by atoms with Crippen LogP contribution < -0.4 is 0 Å². The van der Waals surface area contributed by atoms with Crippen molar-refractivity contribution in [1.82, 2.24) is 0 Å². The van der Waals surface area contributed by atoms with Gasteiger partial charge in [-0.05, 0) is 26.2 Å². The molecule has 4 nitrogen and oxygen atoms in total. The van der Waals surface area contributed by atoms with E-state index in [1.54, 1.807) is 0 Å². The van der Waals surface area contributed by atoms with Crippen molar-refractivity contribution < 1.29 is 22.1 Å². The second-order valence-electron chi connectivity index (χ2n) is 4.92. The smallest absolute Gasteiger partial charge is 0.264 e. The molecule has 116 valence electrons. The van der Waals surface area contributed by atoms with Crippen LogP contribution in [-0.4, -0.2) is 38.1 Å². The van der Waals surface area contributed by atoms with Crippen molar-refractivity contribution in [3.63, 3.8) is 0 Å². The van der Waals surface area contributed by atoms with Crippen LogP contribution in [0.25, 0.3) is 0 Å². The van der Waals surface area contributed by atoms with Crippen LogP contribution in [0.15, 0.2) is 0 Å². The molecule has 0 saturated heterocycles. The van der Waals surface area contributed by atoms with E-state index in [0.29, 0.717) is 19.4 Å². The Bertz CT molecular complexity index is 293. The molecular weight excluding hydrogens is 271 g/mol. The third-order valence-electron chi connectivity index (χ3n) is 2.96. The molecule has 0 amide bonds. The molecule has 0 saturated carbocycles. The SMILES string of the molecule is CC(CCS(=O)(=O)O)OCCCCCCCCCF. The second kappa shape index (κ2) is 11.6. The Balaban J connectivity index is 3.25. The minimum absolute atomic E-state index is 0.147. The van der Waals surface area contributed by atoms with Crippen molar-refractivity contribution >= 4 is 10.1 Å². The fourth-order valence-corrected chi connectivity index (χ4v) is 2.39. The summed E-state index contributed by atoms with van der Waals surface area (Å²) in [6.45, 7) is 2.22. The zero-order valence-corrected chi connectivity index (χ0v) is 12.6. The monoisotopic (exact) mass is 298 g/mol. The van der Waals surface area contributed by atoms with Crippen LogP contribution in [0.2, 0.25) is 0 Å². The molecule has 6 heteroatoms. The van der Waals surface area contributed by atoms with Gasteiger partial charge in [0.2, 0.25) is 0 Å². The number of rotatable bonds is 13. The molecule has 0 fully saturated rings. The van der Waals surface area contributed by atoms with Crippen LogP contribution in [0.1, 0.15) is 58.3 Å². The number of unbranched alkanes of at least 4 members (excludes halogenated alkanes) is 6. The molecule has 0 aromatic heterocycles. The van der Waals surface area contributed by atoms with Crippen molar-refractivity contribution in [2.75, 3.05) is 19.0 Å². The molecule has 1 N–H and O–H groups in total. The predicted molar refractivity (Wildman–Crippen MR) is 74.7 cm³/mol. The summed E-state index contributed by atoms with van der Waals surface area (Å²) in [4.78, 5) is 0. The zero-order valence-electron chi connectivity index (χ0n) is 11.8. The number of hydrogen-bond acceptors (Lipinski definition) is 3. The lowest BCUT2D eigenvalue weighted by atomic mass is 10.1. The highest BCUT2D eigenvalue weighted by atomic mass is 32.2. The maximum atomic E-state index is 11.8. The lowest BCUT2D eigenvalue weighted by molar-refractivity contribution is 0.0610. The first kappa shape index (κ1) is 18.8. The minimum atomic E-state index is -3.88. The first-order valence-corrected chi connectivity index (χ1v) is 8.69. The van der Waals surface area contributed by atoms with E-state index in [9.17, 15) is 12.8 Å². The standard InChI is InChI=1S/C13H27FO4S/c1-13(9-12-19(15,16)17)18-11-8-6-4-2-3-5-7-10-14/h13H,2-12H2,1H3,(H,15,16,17). The summed E-state index contributed by atoms with van der Waals surface area (Å²) in [6.07, 6.45) is 7.23. The molecular formula is C13H27FO4S. The van der Waals surface area contributed by atoms with Crippen LogP contribution in [0.3, 0.4) is 0 Å². The molecule has 1 atom stereocenters. The molecule has 19 heavy (non-hydrogen) atoms. The van der Waals surface area contributed by atoms with E-state index in [1.807, 2.05) is 6.92 Å². The number of halogens is 1. The number of hydrogen-bond donors (Lipinski definition) is 1. The molecule has 1 unspecified atom stereocenters. The molecule has 0 aliphatic heterocycles. The molecule has 0 aliphatic carbocycles. The summed E-state index contributed by atoms with van der Waals surface area (Å²) in [5.41, 5.74) is 0. The molecule has 0 spiro atoms. The Labute approximate surface area is 116 Å². The second-order valence-corrected chi connectivity index (χ2v) is 6.49. The lowest BCUT2D eigenvalue weighted by Crippen LogP contribution is -2.15. The Morgan fingerprint density at radius 2 is 1.58 bits per heavy atom. The Morgan fingerprint density at radius 1 is 1.05 bits per heavy atom. The van der Waals surface area contributed by atoms with Crippen molar-refractivity contribution in [3.8, 4) is 0 Å². The summed E-state index contributed by atoms with van der Waals surface area (Å²) in [7, 11) is -3.88. The van der Waals surface area contributed by atoms with Crippen LogP contribution >= 0.6 is 0 Å². The maximum absolute atomic E-state index is 11.8. The van der Waals surface area contributed by atoms with E-state index in [2.05, 4.69) is 0 Å². The van der Waals surface area contributed by atoms with Gasteiger partial charge < -0.3 is 4.74 Å². The zero-order chi connectivity index (χ0) is 14.6. The summed E-state index contributed by atoms with van der Waals surface area (Å²) in [5.74, 6) is -0.247. The van der Waals surface area contributed by atoms with Crippen molar-refractivity contribution in [2.24, 2.45) is 0 Å². The van der Waals surface area contributed by atoms with E-state index in [1.165, 1.54) is 0 Å². The first-order valence-electron chi connectivity index (χ1n) is 7.08. The van der Waals surface area contributed by atoms with Gasteiger partial charge in [-0.15, -0.1) is 0 Å². The molecule has 0 aromatic rings. The van der Waals surface area contributed by atoms with Crippen molar-refractivity contribution in [3.05, 3.63) is 0 Å². The molecule has 0 heterocycles. The van der Waals surface area contributed by atoms with Gasteiger partial charge >= 0.3 is 0 Å². The highest BCUT2D eigenvalue weighted by Crippen LogP contribution is 2.08. The normalized spacial score (nSPS) is 13.6. The Morgan fingerprint density at radius 3 is 2.11 bits per heavy atom. The quantitative estimate of drug-likeness (QED) is 0.418. The number of ether oxygens (including phenoxy) is 1. The Hall–Kier alpha value is -0.200. The lowest BCUT2D eigenvalue weighted by Gasteiger charge is -2.11. The largest absolute Gasteiger partial charge is 0.378 e. The van der Waals surface area contributed by atoms with Crippen molar-refractivity contribution in [1.29, 1.82) is 0 Å². The minimum Gasteiger partial charge on any atom is -0.378 e. The topological polar surface area (TPSA) is 63.6 Å². The number of alkyl halides is 1. The fraction of sp³-hybridized carbons (Fsp3) is 1.00. The van der Waals surface area contributed by atoms with Crippen LogP contribution in [0, 0.1) is 0 Å². The average molecular weight is 298 g/mol. The van der Waals surface area contributed by atoms with Gasteiger partial charge in [-0.3, -0.25) is 8.94 Å². The van der Waals surface area contributed by atoms with Gasteiger partial charge in [0.25, 0.3) is 10.1 Å². The summed E-state index contributed by atoms with van der Waals surface area (Å²) in [6, 6.07) is 0. The van der Waals surface area contributed by atoms with Gasteiger partial charge in [-0.2, -0.15) is 8.42 Å².